The van der Waals surface area contributed by atoms with Crippen LogP contribution in [0.15, 0.2) is 57.4 Å². The first-order valence-corrected chi connectivity index (χ1v) is 9.53. The quantitative estimate of drug-likeness (QED) is 0.568. The molecule has 1 saturated heterocycles. The van der Waals surface area contributed by atoms with Crippen molar-refractivity contribution >= 4 is 33.6 Å². The Bertz CT molecular complexity index is 1050. The van der Waals surface area contributed by atoms with Crippen LogP contribution in [0.3, 0.4) is 0 Å². The van der Waals surface area contributed by atoms with Gasteiger partial charge >= 0.3 is 6.03 Å². The fraction of sp³-hybridized carbons (Fsp3) is 0.200. The Morgan fingerprint density at radius 2 is 1.79 bits per heavy atom. The van der Waals surface area contributed by atoms with Gasteiger partial charge in [0.15, 0.2) is 0 Å². The molecule has 0 spiro atoms. The number of aryl methyl sites for hydroxylation is 1. The van der Waals surface area contributed by atoms with Crippen LogP contribution in [0.25, 0.3) is 11.5 Å². The van der Waals surface area contributed by atoms with Gasteiger partial charge in [-0.25, -0.2) is 4.79 Å². The average Bonchev–Trinajstić information content (AvgIpc) is 3.23. The van der Waals surface area contributed by atoms with E-state index in [0.29, 0.717) is 11.6 Å². The summed E-state index contributed by atoms with van der Waals surface area (Å²) in [6.07, 6.45) is 0. The molecule has 1 aliphatic heterocycles. The minimum Gasteiger partial charge on any atom is -0.419 e. The number of amides is 3. The first-order valence-electron chi connectivity index (χ1n) is 8.74. The van der Waals surface area contributed by atoms with Gasteiger partial charge in [-0.3, -0.25) is 14.6 Å². The number of rotatable bonds is 4. The zero-order valence-corrected chi connectivity index (χ0v) is 16.9. The predicted molar refractivity (Wildman–Crippen MR) is 107 cm³/mol. The van der Waals surface area contributed by atoms with E-state index in [1.54, 1.807) is 6.92 Å². The Labute approximate surface area is 170 Å². The maximum Gasteiger partial charge on any atom is 0.332 e. The van der Waals surface area contributed by atoms with Gasteiger partial charge in [0.2, 0.25) is 11.8 Å². The van der Waals surface area contributed by atoms with Crippen LogP contribution >= 0.6 is 15.9 Å². The van der Waals surface area contributed by atoms with Gasteiger partial charge in [0.25, 0.3) is 5.91 Å². The summed E-state index contributed by atoms with van der Waals surface area (Å²) in [5.41, 5.74) is 2.50. The number of imide groups is 1. The number of carbonyl (C=O) groups excluding carboxylic acids is 2. The van der Waals surface area contributed by atoms with Crippen molar-refractivity contribution in [2.75, 3.05) is 4.90 Å². The standard InChI is InChI=1S/C20H17BrN4O3/c1-12-7-9-14(10-8-12)25-13(2)19(26)24(20(25)27)11-17-22-23-18(28-17)15-5-3-4-6-16(15)21/h3-10,13H,11H2,1-2H3/t13-/m0/s1. The minimum absolute atomic E-state index is 0.0676. The molecule has 2 aromatic carbocycles. The van der Waals surface area contributed by atoms with Crippen LogP contribution in [0.2, 0.25) is 0 Å². The largest absolute Gasteiger partial charge is 0.419 e. The van der Waals surface area contributed by atoms with Crippen molar-refractivity contribution in [2.24, 2.45) is 0 Å². The third kappa shape index (κ3) is 3.20. The highest BCUT2D eigenvalue weighted by atomic mass is 79.9. The van der Waals surface area contributed by atoms with Crippen LogP contribution in [0.4, 0.5) is 10.5 Å². The number of hydrogen-bond donors (Lipinski definition) is 0. The highest BCUT2D eigenvalue weighted by molar-refractivity contribution is 9.10. The lowest BCUT2D eigenvalue weighted by molar-refractivity contribution is -0.127. The Balaban J connectivity index is 1.57. The van der Waals surface area contributed by atoms with Crippen molar-refractivity contribution in [1.29, 1.82) is 0 Å². The van der Waals surface area contributed by atoms with E-state index in [2.05, 4.69) is 26.1 Å². The van der Waals surface area contributed by atoms with Crippen LogP contribution in [0.5, 0.6) is 0 Å². The van der Waals surface area contributed by atoms with Gasteiger partial charge in [0.05, 0.1) is 5.56 Å². The SMILES string of the molecule is Cc1ccc(N2C(=O)N(Cc3nnc(-c4ccccc4Br)o3)C(=O)[C@@H]2C)cc1. The van der Waals surface area contributed by atoms with Gasteiger partial charge < -0.3 is 4.42 Å². The lowest BCUT2D eigenvalue weighted by atomic mass is 10.2. The third-order valence-electron chi connectivity index (χ3n) is 4.62. The van der Waals surface area contributed by atoms with Crippen LogP contribution in [0, 0.1) is 6.92 Å². The maximum atomic E-state index is 12.9. The second-order valence-electron chi connectivity index (χ2n) is 6.57. The molecular formula is C20H17BrN4O3. The van der Waals surface area contributed by atoms with Crippen molar-refractivity contribution in [3.05, 3.63) is 64.5 Å². The van der Waals surface area contributed by atoms with E-state index in [9.17, 15) is 9.59 Å². The first kappa shape index (κ1) is 18.4. The van der Waals surface area contributed by atoms with E-state index in [4.69, 9.17) is 4.42 Å². The van der Waals surface area contributed by atoms with Gasteiger partial charge in [-0.2, -0.15) is 0 Å². The molecule has 3 amide bonds. The summed E-state index contributed by atoms with van der Waals surface area (Å²) in [6.45, 7) is 3.61. The fourth-order valence-electron chi connectivity index (χ4n) is 3.11. The molecule has 7 nitrogen and oxygen atoms in total. The van der Waals surface area contributed by atoms with Crippen LogP contribution in [-0.2, 0) is 11.3 Å². The van der Waals surface area contributed by atoms with E-state index in [0.717, 1.165) is 20.5 Å². The Kier molecular flexibility index (Phi) is 4.72. The maximum absolute atomic E-state index is 12.9. The molecule has 3 aromatic rings. The van der Waals surface area contributed by atoms with E-state index >= 15 is 0 Å². The Hall–Kier alpha value is -3.00. The second-order valence-corrected chi connectivity index (χ2v) is 7.42. The smallest absolute Gasteiger partial charge is 0.332 e. The average molecular weight is 441 g/mol. The molecule has 2 heterocycles. The molecule has 1 aliphatic rings. The van der Waals surface area contributed by atoms with Crippen LogP contribution in [0.1, 0.15) is 18.4 Å². The molecule has 1 aromatic heterocycles. The highest BCUT2D eigenvalue weighted by Crippen LogP contribution is 2.29. The summed E-state index contributed by atoms with van der Waals surface area (Å²) in [4.78, 5) is 28.2. The monoisotopic (exact) mass is 440 g/mol. The van der Waals surface area contributed by atoms with Gasteiger partial charge in [0.1, 0.15) is 12.6 Å². The molecule has 1 atom stereocenters. The number of halogens is 1. The molecule has 28 heavy (non-hydrogen) atoms. The number of nitrogens with zero attached hydrogens (tertiary/aromatic N) is 4. The normalized spacial score (nSPS) is 16.9. The zero-order valence-electron chi connectivity index (χ0n) is 15.3. The Morgan fingerprint density at radius 1 is 1.07 bits per heavy atom. The molecule has 142 valence electrons. The topological polar surface area (TPSA) is 79.5 Å². The lowest BCUT2D eigenvalue weighted by Crippen LogP contribution is -2.33. The number of urea groups is 1. The summed E-state index contributed by atoms with van der Waals surface area (Å²) >= 11 is 3.44. The minimum atomic E-state index is -0.596. The second kappa shape index (κ2) is 7.20. The molecule has 0 N–H and O–H groups in total. The van der Waals surface area contributed by atoms with Gasteiger partial charge in [-0.1, -0.05) is 29.8 Å². The molecule has 0 radical (unpaired) electrons. The molecule has 0 bridgehead atoms. The summed E-state index contributed by atoms with van der Waals surface area (Å²) in [5, 5.41) is 8.03. The number of carbonyl (C=O) groups is 2. The van der Waals surface area contributed by atoms with E-state index < -0.39 is 12.1 Å². The van der Waals surface area contributed by atoms with Gasteiger partial charge in [-0.15, -0.1) is 10.2 Å². The molecular weight excluding hydrogens is 424 g/mol. The Morgan fingerprint density at radius 3 is 2.50 bits per heavy atom. The molecule has 8 heteroatoms. The van der Waals surface area contributed by atoms with Crippen molar-refractivity contribution in [1.82, 2.24) is 15.1 Å². The number of hydrogen-bond acceptors (Lipinski definition) is 5. The van der Waals surface area contributed by atoms with E-state index in [-0.39, 0.29) is 18.3 Å². The highest BCUT2D eigenvalue weighted by Gasteiger charge is 2.43. The van der Waals surface area contributed by atoms with E-state index in [1.165, 1.54) is 4.90 Å². The van der Waals surface area contributed by atoms with Crippen molar-refractivity contribution in [3.8, 4) is 11.5 Å². The van der Waals surface area contributed by atoms with Crippen molar-refractivity contribution in [2.45, 2.75) is 26.4 Å². The molecule has 0 saturated carbocycles. The van der Waals surface area contributed by atoms with E-state index in [1.807, 2.05) is 55.5 Å². The number of anilines is 1. The number of benzene rings is 2. The summed E-state index contributed by atoms with van der Waals surface area (Å²) in [7, 11) is 0. The molecule has 0 unspecified atom stereocenters. The van der Waals surface area contributed by atoms with Crippen LogP contribution < -0.4 is 4.90 Å². The molecule has 1 fully saturated rings. The number of aromatic nitrogens is 2. The first-order chi connectivity index (χ1) is 13.5. The fourth-order valence-corrected chi connectivity index (χ4v) is 3.56. The third-order valence-corrected chi connectivity index (χ3v) is 5.32. The predicted octanol–water partition coefficient (Wildman–Crippen LogP) is 4.16. The molecule has 0 aliphatic carbocycles. The summed E-state index contributed by atoms with van der Waals surface area (Å²) in [6, 6.07) is 13.9. The van der Waals surface area contributed by atoms with Crippen molar-refractivity contribution < 1.29 is 14.0 Å². The van der Waals surface area contributed by atoms with Gasteiger partial charge in [0, 0.05) is 10.2 Å². The van der Waals surface area contributed by atoms with Crippen LogP contribution in [-0.4, -0.2) is 33.1 Å². The summed E-state index contributed by atoms with van der Waals surface area (Å²) < 4.78 is 6.50. The van der Waals surface area contributed by atoms with Crippen molar-refractivity contribution in [3.63, 3.8) is 0 Å². The molecule has 4 rings (SSSR count). The lowest BCUT2D eigenvalue weighted by Gasteiger charge is -2.19. The zero-order chi connectivity index (χ0) is 19.8. The van der Waals surface area contributed by atoms with Gasteiger partial charge in [-0.05, 0) is 54.0 Å². The summed E-state index contributed by atoms with van der Waals surface area (Å²) in [5.74, 6) is 0.224.